The van der Waals surface area contributed by atoms with E-state index in [2.05, 4.69) is 5.32 Å². The van der Waals surface area contributed by atoms with Gasteiger partial charge in [0.25, 0.3) is 0 Å². The monoisotopic (exact) mass is 289 g/mol. The Morgan fingerprint density at radius 2 is 1.89 bits per heavy atom. The number of nitrogens with one attached hydrogen (secondary N) is 1. The minimum atomic E-state index is -0.729. The Hall–Kier alpha value is -0.280. The van der Waals surface area contributed by atoms with Gasteiger partial charge in [0.15, 0.2) is 0 Å². The molecule has 0 aliphatic rings. The van der Waals surface area contributed by atoms with Crippen LogP contribution >= 0.6 is 23.2 Å². The molecular weight excluding hydrogens is 269 g/mol. The van der Waals surface area contributed by atoms with Crippen LogP contribution < -0.4 is 5.32 Å². The summed E-state index contributed by atoms with van der Waals surface area (Å²) in [5.41, 5.74) is 0.258. The average molecular weight is 290 g/mol. The standard InChI is InChI=1S/C14H21Cl2NO/c1-9(2)14(4,18)8-17-10(3)12-6-5-11(15)7-13(12)16/h5-7,9-10,17-18H,8H2,1-4H3. The summed E-state index contributed by atoms with van der Waals surface area (Å²) in [5, 5.41) is 14.8. The van der Waals surface area contributed by atoms with Gasteiger partial charge in [0, 0.05) is 22.6 Å². The van der Waals surface area contributed by atoms with Crippen molar-refractivity contribution in [3.63, 3.8) is 0 Å². The molecule has 0 aliphatic heterocycles. The van der Waals surface area contributed by atoms with Crippen LogP contribution in [-0.4, -0.2) is 17.3 Å². The summed E-state index contributed by atoms with van der Waals surface area (Å²) in [5.74, 6) is 0.192. The zero-order valence-corrected chi connectivity index (χ0v) is 12.8. The normalized spacial score (nSPS) is 16.7. The minimum absolute atomic E-state index is 0.0694. The minimum Gasteiger partial charge on any atom is -0.389 e. The van der Waals surface area contributed by atoms with Gasteiger partial charge in [0.05, 0.1) is 5.60 Å². The highest BCUT2D eigenvalue weighted by Crippen LogP contribution is 2.26. The van der Waals surface area contributed by atoms with Gasteiger partial charge < -0.3 is 10.4 Å². The van der Waals surface area contributed by atoms with E-state index < -0.39 is 5.60 Å². The third kappa shape index (κ3) is 4.13. The van der Waals surface area contributed by atoms with Gasteiger partial charge in [-0.2, -0.15) is 0 Å². The summed E-state index contributed by atoms with van der Waals surface area (Å²) < 4.78 is 0. The fourth-order valence-corrected chi connectivity index (χ4v) is 2.10. The van der Waals surface area contributed by atoms with E-state index in [-0.39, 0.29) is 12.0 Å². The van der Waals surface area contributed by atoms with Gasteiger partial charge in [-0.25, -0.2) is 0 Å². The molecule has 1 aromatic carbocycles. The van der Waals surface area contributed by atoms with E-state index in [4.69, 9.17) is 23.2 Å². The van der Waals surface area contributed by atoms with Gasteiger partial charge >= 0.3 is 0 Å². The van der Waals surface area contributed by atoms with Gasteiger partial charge in [-0.1, -0.05) is 43.1 Å². The lowest BCUT2D eigenvalue weighted by Crippen LogP contribution is -2.43. The molecule has 2 nitrogen and oxygen atoms in total. The third-order valence-corrected chi connectivity index (χ3v) is 4.00. The summed E-state index contributed by atoms with van der Waals surface area (Å²) >= 11 is 12.0. The average Bonchev–Trinajstić information content (AvgIpc) is 2.25. The smallest absolute Gasteiger partial charge is 0.0766 e. The quantitative estimate of drug-likeness (QED) is 0.857. The second-order valence-electron chi connectivity index (χ2n) is 5.28. The molecule has 0 aromatic heterocycles. The van der Waals surface area contributed by atoms with Crippen LogP contribution in [0.4, 0.5) is 0 Å². The molecule has 0 bridgehead atoms. The van der Waals surface area contributed by atoms with Crippen LogP contribution in [0.25, 0.3) is 0 Å². The van der Waals surface area contributed by atoms with Crippen LogP contribution in [-0.2, 0) is 0 Å². The van der Waals surface area contributed by atoms with Gasteiger partial charge in [-0.3, -0.25) is 0 Å². The topological polar surface area (TPSA) is 32.3 Å². The van der Waals surface area contributed by atoms with Crippen molar-refractivity contribution in [3.8, 4) is 0 Å². The Bertz CT molecular complexity index is 405. The van der Waals surface area contributed by atoms with Gasteiger partial charge in [-0.05, 0) is 37.5 Å². The molecule has 0 heterocycles. The molecular formula is C14H21Cl2NO. The fourth-order valence-electron chi connectivity index (χ4n) is 1.53. The highest BCUT2D eigenvalue weighted by atomic mass is 35.5. The maximum Gasteiger partial charge on any atom is 0.0766 e. The van der Waals surface area contributed by atoms with E-state index in [0.717, 1.165) is 5.56 Å². The van der Waals surface area contributed by atoms with E-state index in [1.807, 2.05) is 39.8 Å². The SMILES string of the molecule is CC(NCC(C)(O)C(C)C)c1ccc(Cl)cc1Cl. The highest BCUT2D eigenvalue weighted by Gasteiger charge is 2.25. The first-order chi connectivity index (χ1) is 8.24. The van der Waals surface area contributed by atoms with Crippen molar-refractivity contribution in [1.82, 2.24) is 5.32 Å². The molecule has 2 atom stereocenters. The van der Waals surface area contributed by atoms with Crippen LogP contribution in [0.2, 0.25) is 10.0 Å². The van der Waals surface area contributed by atoms with Crippen molar-refractivity contribution >= 4 is 23.2 Å². The Balaban J connectivity index is 2.69. The summed E-state index contributed by atoms with van der Waals surface area (Å²) in [4.78, 5) is 0. The second-order valence-corrected chi connectivity index (χ2v) is 6.12. The maximum absolute atomic E-state index is 10.2. The number of halogens is 2. The van der Waals surface area contributed by atoms with E-state index in [1.54, 1.807) is 6.07 Å². The maximum atomic E-state index is 10.2. The van der Waals surface area contributed by atoms with Crippen LogP contribution in [0.15, 0.2) is 18.2 Å². The summed E-state index contributed by atoms with van der Waals surface area (Å²) in [6.45, 7) is 8.38. The van der Waals surface area contributed by atoms with Crippen molar-refractivity contribution < 1.29 is 5.11 Å². The molecule has 18 heavy (non-hydrogen) atoms. The summed E-state index contributed by atoms with van der Waals surface area (Å²) in [6.07, 6.45) is 0. The van der Waals surface area contributed by atoms with E-state index in [1.165, 1.54) is 0 Å². The van der Waals surface area contributed by atoms with Crippen LogP contribution in [0, 0.1) is 5.92 Å². The van der Waals surface area contributed by atoms with Crippen molar-refractivity contribution in [2.75, 3.05) is 6.54 Å². The van der Waals surface area contributed by atoms with Gasteiger partial charge in [0.2, 0.25) is 0 Å². The van der Waals surface area contributed by atoms with Gasteiger partial charge in [-0.15, -0.1) is 0 Å². The molecule has 2 unspecified atom stereocenters. The van der Waals surface area contributed by atoms with Crippen molar-refractivity contribution in [2.45, 2.75) is 39.3 Å². The lowest BCUT2D eigenvalue weighted by molar-refractivity contribution is 0.0122. The molecule has 0 fully saturated rings. The first-order valence-electron chi connectivity index (χ1n) is 6.14. The van der Waals surface area contributed by atoms with Crippen molar-refractivity contribution in [3.05, 3.63) is 33.8 Å². The molecule has 0 saturated carbocycles. The lowest BCUT2D eigenvalue weighted by atomic mass is 9.92. The molecule has 0 amide bonds. The molecule has 102 valence electrons. The molecule has 1 rings (SSSR count). The van der Waals surface area contributed by atoms with Crippen molar-refractivity contribution in [2.24, 2.45) is 5.92 Å². The summed E-state index contributed by atoms with van der Waals surface area (Å²) in [6, 6.07) is 5.53. The second kappa shape index (κ2) is 6.25. The van der Waals surface area contributed by atoms with Gasteiger partial charge in [0.1, 0.15) is 0 Å². The zero-order valence-electron chi connectivity index (χ0n) is 11.3. The molecule has 0 saturated heterocycles. The molecule has 0 radical (unpaired) electrons. The molecule has 0 aliphatic carbocycles. The number of hydrogen-bond acceptors (Lipinski definition) is 2. The van der Waals surface area contributed by atoms with Crippen LogP contribution in [0.1, 0.15) is 39.3 Å². The summed E-state index contributed by atoms with van der Waals surface area (Å²) in [7, 11) is 0. The number of hydrogen-bond donors (Lipinski definition) is 2. The third-order valence-electron chi connectivity index (χ3n) is 3.44. The van der Waals surface area contributed by atoms with Crippen LogP contribution in [0.3, 0.4) is 0 Å². The molecule has 0 spiro atoms. The van der Waals surface area contributed by atoms with E-state index in [9.17, 15) is 5.11 Å². The Morgan fingerprint density at radius 3 is 2.39 bits per heavy atom. The first-order valence-corrected chi connectivity index (χ1v) is 6.90. The number of benzene rings is 1. The van der Waals surface area contributed by atoms with Crippen molar-refractivity contribution in [1.29, 1.82) is 0 Å². The predicted molar refractivity (Wildman–Crippen MR) is 78.3 cm³/mol. The molecule has 1 aromatic rings. The largest absolute Gasteiger partial charge is 0.389 e. The fraction of sp³-hybridized carbons (Fsp3) is 0.571. The number of rotatable bonds is 5. The number of aliphatic hydroxyl groups is 1. The zero-order chi connectivity index (χ0) is 13.9. The van der Waals surface area contributed by atoms with E-state index in [0.29, 0.717) is 16.6 Å². The Morgan fingerprint density at radius 1 is 1.28 bits per heavy atom. The highest BCUT2D eigenvalue weighted by molar-refractivity contribution is 6.35. The Labute approximate surface area is 119 Å². The predicted octanol–water partition coefficient (Wildman–Crippen LogP) is 4.05. The molecule has 2 N–H and O–H groups in total. The van der Waals surface area contributed by atoms with Crippen LogP contribution in [0.5, 0.6) is 0 Å². The van der Waals surface area contributed by atoms with E-state index >= 15 is 0 Å². The lowest BCUT2D eigenvalue weighted by Gasteiger charge is -2.30. The first kappa shape index (κ1) is 15.8. The molecule has 4 heteroatoms. The Kier molecular flexibility index (Phi) is 5.47.